The largest absolute Gasteiger partial charge is 0.366 e. The molecular formula is C12H16N4S. The van der Waals surface area contributed by atoms with Crippen LogP contribution in [0.5, 0.6) is 0 Å². The minimum atomic E-state index is 0.569. The fourth-order valence-corrected chi connectivity index (χ4v) is 3.26. The zero-order chi connectivity index (χ0) is 11.7. The maximum Gasteiger partial charge on any atom is 0.157 e. The molecule has 3 rings (SSSR count). The zero-order valence-corrected chi connectivity index (χ0v) is 10.7. The highest BCUT2D eigenvalue weighted by Crippen LogP contribution is 2.22. The van der Waals surface area contributed by atoms with Gasteiger partial charge in [0.1, 0.15) is 5.82 Å². The third-order valence-corrected chi connectivity index (χ3v) is 4.22. The monoisotopic (exact) mass is 248 g/mol. The summed E-state index contributed by atoms with van der Waals surface area (Å²) in [4.78, 5) is 4.54. The Morgan fingerprint density at radius 3 is 3.29 bits per heavy atom. The van der Waals surface area contributed by atoms with Crippen LogP contribution in [0.1, 0.15) is 19.0 Å². The molecule has 3 heterocycles. The van der Waals surface area contributed by atoms with E-state index in [0.717, 1.165) is 23.6 Å². The van der Waals surface area contributed by atoms with Crippen molar-refractivity contribution in [3.63, 3.8) is 0 Å². The summed E-state index contributed by atoms with van der Waals surface area (Å²) < 4.78 is 1.89. The third kappa shape index (κ3) is 2.11. The lowest BCUT2D eigenvalue weighted by molar-refractivity contribution is 0.788. The highest BCUT2D eigenvalue weighted by Gasteiger charge is 2.16. The van der Waals surface area contributed by atoms with Gasteiger partial charge in [-0.25, -0.2) is 4.98 Å². The van der Waals surface area contributed by atoms with E-state index >= 15 is 0 Å². The van der Waals surface area contributed by atoms with Crippen molar-refractivity contribution < 1.29 is 0 Å². The molecule has 17 heavy (non-hydrogen) atoms. The van der Waals surface area contributed by atoms with Crippen LogP contribution < -0.4 is 5.32 Å². The number of nitrogens with zero attached hydrogens (tertiary/aromatic N) is 3. The number of nitrogens with one attached hydrogen (secondary N) is 1. The van der Waals surface area contributed by atoms with Crippen molar-refractivity contribution in [1.29, 1.82) is 0 Å². The van der Waals surface area contributed by atoms with Crippen molar-refractivity contribution >= 4 is 23.2 Å². The number of hydrogen-bond donors (Lipinski definition) is 1. The first-order chi connectivity index (χ1) is 8.36. The van der Waals surface area contributed by atoms with Crippen molar-refractivity contribution in [2.75, 3.05) is 16.8 Å². The molecular weight excluding hydrogens is 232 g/mol. The molecule has 1 saturated heterocycles. The van der Waals surface area contributed by atoms with E-state index in [4.69, 9.17) is 0 Å². The van der Waals surface area contributed by atoms with Gasteiger partial charge in [0.2, 0.25) is 0 Å². The van der Waals surface area contributed by atoms with Gasteiger partial charge in [-0.1, -0.05) is 6.92 Å². The van der Waals surface area contributed by atoms with Crippen molar-refractivity contribution in [2.24, 2.45) is 0 Å². The van der Waals surface area contributed by atoms with Crippen LogP contribution in [0.3, 0.4) is 0 Å². The molecule has 1 fully saturated rings. The van der Waals surface area contributed by atoms with Crippen molar-refractivity contribution in [3.05, 3.63) is 24.0 Å². The highest BCUT2D eigenvalue weighted by atomic mass is 32.2. The van der Waals surface area contributed by atoms with E-state index in [1.807, 2.05) is 22.3 Å². The van der Waals surface area contributed by atoms with Gasteiger partial charge in [-0.15, -0.1) is 0 Å². The Hall–Kier alpha value is -1.23. The summed E-state index contributed by atoms with van der Waals surface area (Å²) >= 11 is 2.01. The van der Waals surface area contributed by atoms with Crippen LogP contribution in [0.15, 0.2) is 18.3 Å². The molecule has 0 amide bonds. The molecule has 5 heteroatoms. The number of aryl methyl sites for hydroxylation is 1. The smallest absolute Gasteiger partial charge is 0.157 e. The molecule has 0 aromatic carbocycles. The van der Waals surface area contributed by atoms with Gasteiger partial charge < -0.3 is 5.32 Å². The van der Waals surface area contributed by atoms with Gasteiger partial charge in [-0.2, -0.15) is 21.4 Å². The Morgan fingerprint density at radius 2 is 2.53 bits per heavy atom. The molecule has 0 spiro atoms. The lowest BCUT2D eigenvalue weighted by Crippen LogP contribution is -2.20. The quantitative estimate of drug-likeness (QED) is 0.904. The van der Waals surface area contributed by atoms with Crippen molar-refractivity contribution in [2.45, 2.75) is 25.8 Å². The number of anilines is 1. The Labute approximate surface area is 105 Å². The summed E-state index contributed by atoms with van der Waals surface area (Å²) in [5, 5.41) is 7.91. The average molecular weight is 248 g/mol. The van der Waals surface area contributed by atoms with Crippen LogP contribution >= 0.6 is 11.8 Å². The predicted molar refractivity (Wildman–Crippen MR) is 71.7 cm³/mol. The van der Waals surface area contributed by atoms with E-state index in [-0.39, 0.29) is 0 Å². The first-order valence-corrected chi connectivity index (χ1v) is 7.20. The fraction of sp³-hybridized carbons (Fsp3) is 0.500. The van der Waals surface area contributed by atoms with Gasteiger partial charge >= 0.3 is 0 Å². The molecule has 90 valence electrons. The lowest BCUT2D eigenvalue weighted by atomic mass is 10.2. The summed E-state index contributed by atoms with van der Waals surface area (Å²) in [6.07, 6.45) is 3.99. The zero-order valence-electron chi connectivity index (χ0n) is 9.89. The summed E-state index contributed by atoms with van der Waals surface area (Å²) in [5.41, 5.74) is 2.05. The SMILES string of the molecule is CCc1cc(N[C@H]2CCSC2)n2nccc2n1. The van der Waals surface area contributed by atoms with E-state index in [1.54, 1.807) is 6.20 Å². The standard InChI is InChI=1S/C12H16N4S/c1-2-9-7-12(15-10-4-6-17-8-10)16-11(14-9)3-5-13-16/h3,5,7,10,15H,2,4,6,8H2,1H3/t10-/m0/s1. The van der Waals surface area contributed by atoms with Gasteiger partial charge in [-0.3, -0.25) is 0 Å². The van der Waals surface area contributed by atoms with Gasteiger partial charge in [-0.05, 0) is 18.6 Å². The number of fused-ring (bicyclic) bond motifs is 1. The normalized spacial score (nSPS) is 19.9. The van der Waals surface area contributed by atoms with Gasteiger partial charge in [0.25, 0.3) is 0 Å². The Morgan fingerprint density at radius 1 is 1.59 bits per heavy atom. The Kier molecular flexibility index (Phi) is 2.93. The molecule has 4 nitrogen and oxygen atoms in total. The maximum absolute atomic E-state index is 4.54. The van der Waals surface area contributed by atoms with Crippen molar-refractivity contribution in [3.8, 4) is 0 Å². The molecule has 0 unspecified atom stereocenters. The molecule has 0 saturated carbocycles. The molecule has 0 aliphatic carbocycles. The molecule has 1 N–H and O–H groups in total. The number of hydrogen-bond acceptors (Lipinski definition) is 4. The second-order valence-corrected chi connectivity index (χ2v) is 5.44. The summed E-state index contributed by atoms with van der Waals surface area (Å²) in [7, 11) is 0. The summed E-state index contributed by atoms with van der Waals surface area (Å²) in [6.45, 7) is 2.13. The molecule has 0 bridgehead atoms. The van der Waals surface area contributed by atoms with Crippen LogP contribution in [0.2, 0.25) is 0 Å². The topological polar surface area (TPSA) is 42.2 Å². The molecule has 1 aliphatic heterocycles. The van der Waals surface area contributed by atoms with Gasteiger partial charge in [0, 0.05) is 29.6 Å². The minimum absolute atomic E-state index is 0.569. The molecule has 2 aromatic rings. The van der Waals surface area contributed by atoms with E-state index in [1.165, 1.54) is 17.9 Å². The highest BCUT2D eigenvalue weighted by molar-refractivity contribution is 7.99. The van der Waals surface area contributed by atoms with Gasteiger partial charge in [0.15, 0.2) is 5.65 Å². The van der Waals surface area contributed by atoms with E-state index in [9.17, 15) is 0 Å². The Balaban J connectivity index is 1.97. The van der Waals surface area contributed by atoms with Crippen LogP contribution in [-0.2, 0) is 6.42 Å². The lowest BCUT2D eigenvalue weighted by Gasteiger charge is -2.14. The van der Waals surface area contributed by atoms with Crippen LogP contribution in [0.4, 0.5) is 5.82 Å². The fourth-order valence-electron chi connectivity index (χ4n) is 2.11. The third-order valence-electron chi connectivity index (χ3n) is 3.06. The van der Waals surface area contributed by atoms with Gasteiger partial charge in [0.05, 0.1) is 6.20 Å². The van der Waals surface area contributed by atoms with Crippen LogP contribution in [0.25, 0.3) is 5.65 Å². The van der Waals surface area contributed by atoms with Crippen LogP contribution in [0, 0.1) is 0 Å². The second kappa shape index (κ2) is 4.56. The average Bonchev–Trinajstić information content (AvgIpc) is 2.98. The van der Waals surface area contributed by atoms with Crippen LogP contribution in [-0.4, -0.2) is 32.1 Å². The second-order valence-electron chi connectivity index (χ2n) is 4.29. The summed E-state index contributed by atoms with van der Waals surface area (Å²) in [6, 6.07) is 4.64. The van der Waals surface area contributed by atoms with Crippen molar-refractivity contribution in [1.82, 2.24) is 14.6 Å². The molecule has 1 atom stereocenters. The minimum Gasteiger partial charge on any atom is -0.366 e. The first kappa shape index (κ1) is 10.9. The van der Waals surface area contributed by atoms with E-state index < -0.39 is 0 Å². The number of aromatic nitrogens is 3. The Bertz CT molecular complexity index is 516. The van der Waals surface area contributed by atoms with E-state index in [2.05, 4.69) is 28.4 Å². The molecule has 2 aromatic heterocycles. The predicted octanol–water partition coefficient (Wildman–Crippen LogP) is 2.21. The van der Waals surface area contributed by atoms with E-state index in [0.29, 0.717) is 6.04 Å². The molecule has 0 radical (unpaired) electrons. The molecule has 1 aliphatic rings. The maximum atomic E-state index is 4.54. The first-order valence-electron chi connectivity index (χ1n) is 6.05. The summed E-state index contributed by atoms with van der Waals surface area (Å²) in [5.74, 6) is 3.52. The number of rotatable bonds is 3. The number of thioether (sulfide) groups is 1.